The molecule has 3 N–H and O–H groups in total. The molecule has 16 heavy (non-hydrogen) atoms. The molecule has 4 nitrogen and oxygen atoms in total. The van der Waals surface area contributed by atoms with Crippen molar-refractivity contribution in [1.29, 1.82) is 0 Å². The minimum atomic E-state index is 0.177. The molecule has 0 saturated heterocycles. The van der Waals surface area contributed by atoms with E-state index < -0.39 is 0 Å². The summed E-state index contributed by atoms with van der Waals surface area (Å²) < 4.78 is 5.47. The number of fused-ring (bicyclic) bond motifs is 1. The number of hydrogen-bond acceptors (Lipinski definition) is 4. The van der Waals surface area contributed by atoms with Crippen molar-refractivity contribution in [3.8, 4) is 0 Å². The average molecular weight is 219 g/mol. The third-order valence-corrected chi connectivity index (χ3v) is 2.36. The van der Waals surface area contributed by atoms with Crippen molar-refractivity contribution >= 4 is 11.1 Å². The Morgan fingerprint density at radius 2 is 2.31 bits per heavy atom. The molecule has 0 fully saturated rings. The van der Waals surface area contributed by atoms with E-state index in [1.165, 1.54) is 5.56 Å². The van der Waals surface area contributed by atoms with Gasteiger partial charge < -0.3 is 15.5 Å². The van der Waals surface area contributed by atoms with Crippen LogP contribution in [0.5, 0.6) is 0 Å². The van der Waals surface area contributed by atoms with E-state index in [4.69, 9.17) is 10.2 Å². The molecule has 0 aliphatic rings. The summed E-state index contributed by atoms with van der Waals surface area (Å²) in [7, 11) is 0. The number of oxazole rings is 1. The summed E-state index contributed by atoms with van der Waals surface area (Å²) in [5, 5.41) is 3.29. The Kier molecular flexibility index (Phi) is 3.22. The van der Waals surface area contributed by atoms with Gasteiger partial charge in [-0.2, -0.15) is 0 Å². The molecule has 0 aliphatic carbocycles. The number of aromatic nitrogens is 1. The molecule has 1 heterocycles. The van der Waals surface area contributed by atoms with Gasteiger partial charge in [0.1, 0.15) is 5.52 Å². The summed E-state index contributed by atoms with van der Waals surface area (Å²) in [5.41, 5.74) is 8.60. The van der Waals surface area contributed by atoms with E-state index in [1.54, 1.807) is 0 Å². The van der Waals surface area contributed by atoms with Crippen molar-refractivity contribution in [2.75, 3.05) is 6.54 Å². The highest BCUT2D eigenvalue weighted by atomic mass is 16.3. The van der Waals surface area contributed by atoms with Crippen LogP contribution in [0.2, 0.25) is 0 Å². The van der Waals surface area contributed by atoms with E-state index in [0.717, 1.165) is 24.2 Å². The van der Waals surface area contributed by atoms with Crippen LogP contribution in [0.15, 0.2) is 22.6 Å². The molecule has 1 atom stereocenters. The van der Waals surface area contributed by atoms with Gasteiger partial charge in [0.05, 0.1) is 0 Å². The molecular formula is C12H17N3O. The van der Waals surface area contributed by atoms with Gasteiger partial charge in [0, 0.05) is 26.1 Å². The number of nitrogens with one attached hydrogen (secondary N) is 1. The first-order valence-electron chi connectivity index (χ1n) is 5.47. The van der Waals surface area contributed by atoms with Crippen molar-refractivity contribution < 1.29 is 4.42 Å². The summed E-state index contributed by atoms with van der Waals surface area (Å²) in [5.74, 6) is 0.704. The number of nitrogens with zero attached hydrogens (tertiary/aromatic N) is 1. The number of nitrogens with two attached hydrogens (primary N) is 1. The molecule has 2 rings (SSSR count). The van der Waals surface area contributed by atoms with Gasteiger partial charge in [0.25, 0.3) is 0 Å². The van der Waals surface area contributed by atoms with Crippen molar-refractivity contribution in [3.63, 3.8) is 0 Å². The molecule has 0 radical (unpaired) electrons. The Labute approximate surface area is 94.8 Å². The summed E-state index contributed by atoms with van der Waals surface area (Å²) >= 11 is 0. The summed E-state index contributed by atoms with van der Waals surface area (Å²) in [6, 6.07) is 6.23. The van der Waals surface area contributed by atoms with Crippen LogP contribution in [0, 0.1) is 6.92 Å². The molecule has 0 aliphatic heterocycles. The summed E-state index contributed by atoms with van der Waals surface area (Å²) in [4.78, 5) is 4.26. The highest BCUT2D eigenvalue weighted by Crippen LogP contribution is 2.16. The van der Waals surface area contributed by atoms with Crippen LogP contribution in [0.3, 0.4) is 0 Å². The Bertz CT molecular complexity index is 476. The monoisotopic (exact) mass is 219 g/mol. The molecule has 2 aromatic rings. The first-order valence-corrected chi connectivity index (χ1v) is 5.47. The number of rotatable bonds is 4. The molecule has 0 spiro atoms. The predicted molar refractivity (Wildman–Crippen MR) is 64.1 cm³/mol. The predicted octanol–water partition coefficient (Wildman–Crippen LogP) is 1.57. The lowest BCUT2D eigenvalue weighted by Gasteiger charge is -2.07. The van der Waals surface area contributed by atoms with E-state index in [9.17, 15) is 0 Å². The Morgan fingerprint density at radius 3 is 3.06 bits per heavy atom. The highest BCUT2D eigenvalue weighted by molar-refractivity contribution is 5.73. The molecule has 1 aromatic heterocycles. The summed E-state index contributed by atoms with van der Waals surface area (Å²) in [6.45, 7) is 5.45. The van der Waals surface area contributed by atoms with Gasteiger partial charge in [-0.15, -0.1) is 0 Å². The van der Waals surface area contributed by atoms with E-state index in [-0.39, 0.29) is 6.04 Å². The van der Waals surface area contributed by atoms with Crippen LogP contribution in [-0.4, -0.2) is 17.6 Å². The van der Waals surface area contributed by atoms with Crippen molar-refractivity contribution in [2.24, 2.45) is 5.73 Å². The fraction of sp³-hybridized carbons (Fsp3) is 0.417. The van der Waals surface area contributed by atoms with Crippen molar-refractivity contribution in [1.82, 2.24) is 10.3 Å². The zero-order chi connectivity index (χ0) is 11.5. The van der Waals surface area contributed by atoms with Gasteiger partial charge in [-0.1, -0.05) is 6.07 Å². The van der Waals surface area contributed by atoms with E-state index in [2.05, 4.69) is 16.4 Å². The SMILES string of the molecule is Cc1nc2ccc(CNCC(C)N)cc2o1. The Balaban J connectivity index is 2.07. The first-order chi connectivity index (χ1) is 7.65. The van der Waals surface area contributed by atoms with Gasteiger partial charge >= 0.3 is 0 Å². The van der Waals surface area contributed by atoms with Crippen molar-refractivity contribution in [2.45, 2.75) is 26.4 Å². The minimum absolute atomic E-state index is 0.177. The molecule has 0 bridgehead atoms. The van der Waals surface area contributed by atoms with Gasteiger partial charge in [-0.25, -0.2) is 4.98 Å². The maximum atomic E-state index is 5.66. The van der Waals surface area contributed by atoms with Crippen LogP contribution in [0.4, 0.5) is 0 Å². The minimum Gasteiger partial charge on any atom is -0.441 e. The Hall–Kier alpha value is -1.39. The standard InChI is InChI=1S/C12H17N3O/c1-8(13)6-14-7-10-3-4-11-12(5-10)16-9(2)15-11/h3-5,8,14H,6-7,13H2,1-2H3. The smallest absolute Gasteiger partial charge is 0.192 e. The maximum absolute atomic E-state index is 5.66. The highest BCUT2D eigenvalue weighted by Gasteiger charge is 2.03. The lowest BCUT2D eigenvalue weighted by Crippen LogP contribution is -2.30. The van der Waals surface area contributed by atoms with Crippen LogP contribution < -0.4 is 11.1 Å². The lowest BCUT2D eigenvalue weighted by molar-refractivity contribution is 0.560. The van der Waals surface area contributed by atoms with Crippen molar-refractivity contribution in [3.05, 3.63) is 29.7 Å². The fourth-order valence-corrected chi connectivity index (χ4v) is 1.64. The van der Waals surface area contributed by atoms with E-state index in [1.807, 2.05) is 26.0 Å². The summed E-state index contributed by atoms with van der Waals surface area (Å²) in [6.07, 6.45) is 0. The molecule has 1 aromatic carbocycles. The van der Waals surface area contributed by atoms with Crippen LogP contribution in [-0.2, 0) is 6.54 Å². The van der Waals surface area contributed by atoms with E-state index >= 15 is 0 Å². The third kappa shape index (κ3) is 2.59. The molecule has 0 saturated carbocycles. The number of aryl methyl sites for hydroxylation is 1. The zero-order valence-corrected chi connectivity index (χ0v) is 9.66. The zero-order valence-electron chi connectivity index (χ0n) is 9.66. The second kappa shape index (κ2) is 4.63. The molecular weight excluding hydrogens is 202 g/mol. The van der Waals surface area contributed by atoms with E-state index in [0.29, 0.717) is 5.89 Å². The fourth-order valence-electron chi connectivity index (χ4n) is 1.64. The quantitative estimate of drug-likeness (QED) is 0.819. The first kappa shape index (κ1) is 11.1. The Morgan fingerprint density at radius 1 is 1.50 bits per heavy atom. The topological polar surface area (TPSA) is 64.1 Å². The molecule has 0 amide bonds. The van der Waals surface area contributed by atoms with Gasteiger partial charge in [0.2, 0.25) is 0 Å². The lowest BCUT2D eigenvalue weighted by atomic mass is 10.2. The third-order valence-electron chi connectivity index (χ3n) is 2.36. The normalized spacial score (nSPS) is 13.2. The molecule has 1 unspecified atom stereocenters. The average Bonchev–Trinajstić information content (AvgIpc) is 2.56. The second-order valence-corrected chi connectivity index (χ2v) is 4.14. The molecule has 86 valence electrons. The molecule has 4 heteroatoms. The van der Waals surface area contributed by atoms with Crippen LogP contribution in [0.1, 0.15) is 18.4 Å². The number of hydrogen-bond donors (Lipinski definition) is 2. The van der Waals surface area contributed by atoms with Gasteiger partial charge in [-0.3, -0.25) is 0 Å². The van der Waals surface area contributed by atoms with Gasteiger partial charge in [0.15, 0.2) is 11.5 Å². The second-order valence-electron chi connectivity index (χ2n) is 4.14. The van der Waals surface area contributed by atoms with Gasteiger partial charge in [-0.05, 0) is 24.6 Å². The largest absolute Gasteiger partial charge is 0.441 e. The van der Waals surface area contributed by atoms with Crippen LogP contribution >= 0.6 is 0 Å². The number of benzene rings is 1. The maximum Gasteiger partial charge on any atom is 0.192 e. The van der Waals surface area contributed by atoms with Crippen LogP contribution in [0.25, 0.3) is 11.1 Å².